The van der Waals surface area contributed by atoms with Gasteiger partial charge in [-0.15, -0.1) is 0 Å². The highest BCUT2D eigenvalue weighted by Crippen LogP contribution is 2.27. The number of rotatable bonds is 5. The molecule has 2 aromatic rings. The molecule has 3 nitrogen and oxygen atoms in total. The van der Waals surface area contributed by atoms with Crippen LogP contribution in [0.3, 0.4) is 0 Å². The second-order valence-corrected chi connectivity index (χ2v) is 6.52. The van der Waals surface area contributed by atoms with Gasteiger partial charge in [0.2, 0.25) is 0 Å². The summed E-state index contributed by atoms with van der Waals surface area (Å²) in [7, 11) is 0. The highest BCUT2D eigenvalue weighted by molar-refractivity contribution is 5.79. The van der Waals surface area contributed by atoms with Gasteiger partial charge in [-0.1, -0.05) is 18.2 Å². The van der Waals surface area contributed by atoms with Crippen molar-refractivity contribution in [1.82, 2.24) is 14.8 Å². The number of hydrogen-bond acceptors (Lipinski definition) is 2. The fourth-order valence-electron chi connectivity index (χ4n) is 4.19. The summed E-state index contributed by atoms with van der Waals surface area (Å²) in [6.45, 7) is 4.89. The van der Waals surface area contributed by atoms with Gasteiger partial charge in [0.1, 0.15) is 0 Å². The Morgan fingerprint density at radius 3 is 3.05 bits per heavy atom. The van der Waals surface area contributed by atoms with Gasteiger partial charge in [-0.05, 0) is 56.3 Å². The molecule has 0 spiro atoms. The van der Waals surface area contributed by atoms with Crippen LogP contribution in [0.1, 0.15) is 25.7 Å². The molecule has 0 aliphatic carbocycles. The van der Waals surface area contributed by atoms with E-state index in [9.17, 15) is 0 Å². The first kappa shape index (κ1) is 13.4. The minimum absolute atomic E-state index is 0.744. The van der Waals surface area contributed by atoms with Gasteiger partial charge in [0.25, 0.3) is 0 Å². The molecule has 2 aliphatic rings. The summed E-state index contributed by atoms with van der Waals surface area (Å²) in [4.78, 5) is 2.68. The van der Waals surface area contributed by atoms with Crippen LogP contribution < -0.4 is 5.32 Å². The summed E-state index contributed by atoms with van der Waals surface area (Å²) in [5.41, 5.74) is 1.36. The molecule has 0 saturated carbocycles. The maximum Gasteiger partial charge on any atom is 0.0480 e. The van der Waals surface area contributed by atoms with E-state index in [1.807, 2.05) is 0 Å². The van der Waals surface area contributed by atoms with E-state index in [-0.39, 0.29) is 0 Å². The summed E-state index contributed by atoms with van der Waals surface area (Å²) in [6, 6.07) is 12.4. The van der Waals surface area contributed by atoms with Gasteiger partial charge >= 0.3 is 0 Å². The molecule has 3 heterocycles. The molecule has 0 radical (unpaired) electrons. The smallest absolute Gasteiger partial charge is 0.0480 e. The minimum Gasteiger partial charge on any atom is -0.347 e. The van der Waals surface area contributed by atoms with Crippen LogP contribution in [-0.2, 0) is 6.54 Å². The third-order valence-electron chi connectivity index (χ3n) is 5.27. The first-order valence-corrected chi connectivity index (χ1v) is 8.43. The maximum atomic E-state index is 3.81. The molecule has 0 amide bonds. The number of benzene rings is 1. The molecule has 1 N–H and O–H groups in total. The Morgan fingerprint density at radius 2 is 2.05 bits per heavy atom. The van der Waals surface area contributed by atoms with Gasteiger partial charge in [0.15, 0.2) is 0 Å². The average Bonchev–Trinajstić information content (AvgIpc) is 3.20. The zero-order valence-corrected chi connectivity index (χ0v) is 12.7. The van der Waals surface area contributed by atoms with Crippen molar-refractivity contribution in [3.63, 3.8) is 0 Å². The lowest BCUT2D eigenvalue weighted by Gasteiger charge is -2.21. The van der Waals surface area contributed by atoms with E-state index < -0.39 is 0 Å². The predicted octanol–water partition coefficient (Wildman–Crippen LogP) is 2.86. The maximum absolute atomic E-state index is 3.81. The van der Waals surface area contributed by atoms with E-state index in [2.05, 4.69) is 51.3 Å². The Kier molecular flexibility index (Phi) is 3.70. The van der Waals surface area contributed by atoms with Crippen molar-refractivity contribution < 1.29 is 0 Å². The summed E-state index contributed by atoms with van der Waals surface area (Å²) in [6.07, 6.45) is 7.58. The lowest BCUT2D eigenvalue weighted by atomic mass is 10.1. The summed E-state index contributed by atoms with van der Waals surface area (Å²) in [5, 5.41) is 5.16. The number of para-hydroxylation sites is 1. The lowest BCUT2D eigenvalue weighted by molar-refractivity contribution is 0.298. The third-order valence-corrected chi connectivity index (χ3v) is 5.27. The molecule has 1 aromatic carbocycles. The number of aromatic nitrogens is 1. The number of nitrogens with zero attached hydrogens (tertiary/aromatic N) is 2. The van der Waals surface area contributed by atoms with Gasteiger partial charge in [-0.2, -0.15) is 0 Å². The second kappa shape index (κ2) is 5.82. The van der Waals surface area contributed by atoms with Crippen LogP contribution in [0, 0.1) is 0 Å². The van der Waals surface area contributed by atoms with Gasteiger partial charge in [-0.25, -0.2) is 0 Å². The van der Waals surface area contributed by atoms with E-state index in [4.69, 9.17) is 0 Å². The van der Waals surface area contributed by atoms with E-state index in [0.29, 0.717) is 0 Å². The summed E-state index contributed by atoms with van der Waals surface area (Å²) < 4.78 is 2.38. The third kappa shape index (κ3) is 2.60. The molecule has 2 aliphatic heterocycles. The molecule has 21 heavy (non-hydrogen) atoms. The molecular weight excluding hydrogens is 258 g/mol. The van der Waals surface area contributed by atoms with Crippen LogP contribution in [0.5, 0.6) is 0 Å². The van der Waals surface area contributed by atoms with Gasteiger partial charge in [0, 0.05) is 36.9 Å². The molecule has 2 atom stereocenters. The number of fused-ring (bicyclic) bond motifs is 2. The Bertz CT molecular complexity index is 603. The van der Waals surface area contributed by atoms with Crippen molar-refractivity contribution >= 4 is 10.9 Å². The van der Waals surface area contributed by atoms with Crippen LogP contribution in [0.2, 0.25) is 0 Å². The van der Waals surface area contributed by atoms with Crippen molar-refractivity contribution in [2.75, 3.05) is 19.6 Å². The topological polar surface area (TPSA) is 20.2 Å². The van der Waals surface area contributed by atoms with Crippen molar-refractivity contribution in [3.05, 3.63) is 36.5 Å². The average molecular weight is 283 g/mol. The summed E-state index contributed by atoms with van der Waals surface area (Å²) >= 11 is 0. The molecule has 2 unspecified atom stereocenters. The molecule has 3 heteroatoms. The Labute approximate surface area is 126 Å². The van der Waals surface area contributed by atoms with Crippen molar-refractivity contribution in [1.29, 1.82) is 0 Å². The zero-order valence-electron chi connectivity index (χ0n) is 12.7. The molecule has 2 saturated heterocycles. The monoisotopic (exact) mass is 283 g/mol. The molecule has 1 aromatic heterocycles. The molecular formula is C18H25N3. The fourth-order valence-corrected chi connectivity index (χ4v) is 4.19. The van der Waals surface area contributed by atoms with Crippen LogP contribution in [0.4, 0.5) is 0 Å². The van der Waals surface area contributed by atoms with E-state index in [1.54, 1.807) is 0 Å². The van der Waals surface area contributed by atoms with E-state index in [1.165, 1.54) is 49.7 Å². The fraction of sp³-hybridized carbons (Fsp3) is 0.556. The molecule has 0 bridgehead atoms. The molecule has 112 valence electrons. The number of aryl methyl sites for hydroxylation is 1. The lowest BCUT2D eigenvalue weighted by Crippen LogP contribution is -2.39. The van der Waals surface area contributed by atoms with Crippen molar-refractivity contribution in [2.45, 2.75) is 44.3 Å². The van der Waals surface area contributed by atoms with Crippen LogP contribution in [0.15, 0.2) is 36.5 Å². The highest BCUT2D eigenvalue weighted by atomic mass is 15.2. The van der Waals surface area contributed by atoms with Gasteiger partial charge in [0.05, 0.1) is 0 Å². The van der Waals surface area contributed by atoms with Crippen LogP contribution >= 0.6 is 0 Å². The quantitative estimate of drug-likeness (QED) is 0.852. The second-order valence-electron chi connectivity index (χ2n) is 6.52. The zero-order chi connectivity index (χ0) is 14.1. The SMILES string of the molecule is c1ccc2c(c1)ccn2CCCNC1CCN2CCCC12. The largest absolute Gasteiger partial charge is 0.347 e. The van der Waals surface area contributed by atoms with Crippen molar-refractivity contribution in [2.24, 2.45) is 0 Å². The highest BCUT2D eigenvalue weighted by Gasteiger charge is 2.36. The standard InChI is InChI=1S/C18H25N3/c1-2-6-17-15(5-1)8-13-20(17)12-4-10-19-16-9-14-21-11-3-7-18(16)21/h1-2,5-6,8,13,16,18-19H,3-4,7,9-12,14H2. The number of nitrogens with one attached hydrogen (secondary N) is 1. The van der Waals surface area contributed by atoms with Gasteiger partial charge < -0.3 is 9.88 Å². The Hall–Kier alpha value is -1.32. The first-order valence-electron chi connectivity index (χ1n) is 8.43. The Morgan fingerprint density at radius 1 is 1.10 bits per heavy atom. The van der Waals surface area contributed by atoms with Crippen LogP contribution in [0.25, 0.3) is 10.9 Å². The Balaban J connectivity index is 1.28. The van der Waals surface area contributed by atoms with Crippen LogP contribution in [-0.4, -0.2) is 41.2 Å². The summed E-state index contributed by atoms with van der Waals surface area (Å²) in [5.74, 6) is 0. The normalized spacial score (nSPS) is 25.7. The minimum atomic E-state index is 0.744. The first-order chi connectivity index (χ1) is 10.4. The predicted molar refractivity (Wildman–Crippen MR) is 87.6 cm³/mol. The van der Waals surface area contributed by atoms with E-state index in [0.717, 1.165) is 25.2 Å². The molecule has 2 fully saturated rings. The molecule has 4 rings (SSSR count). The van der Waals surface area contributed by atoms with E-state index >= 15 is 0 Å². The van der Waals surface area contributed by atoms with Crippen molar-refractivity contribution in [3.8, 4) is 0 Å². The number of hydrogen-bond donors (Lipinski definition) is 1. The van der Waals surface area contributed by atoms with Gasteiger partial charge in [-0.3, -0.25) is 4.90 Å².